The first kappa shape index (κ1) is 21.8. The van der Waals surface area contributed by atoms with Crippen molar-refractivity contribution in [3.8, 4) is 5.75 Å². The van der Waals surface area contributed by atoms with Gasteiger partial charge in [-0.1, -0.05) is 0 Å². The molecule has 0 radical (unpaired) electrons. The van der Waals surface area contributed by atoms with Gasteiger partial charge in [0.05, 0.1) is 28.8 Å². The molecular weight excluding hydrogens is 466 g/mol. The van der Waals surface area contributed by atoms with Crippen molar-refractivity contribution in [3.63, 3.8) is 0 Å². The van der Waals surface area contributed by atoms with Crippen molar-refractivity contribution in [1.82, 2.24) is 4.98 Å². The molecule has 0 aliphatic carbocycles. The lowest BCUT2D eigenvalue weighted by Crippen LogP contribution is -2.29. The molecule has 1 aliphatic rings. The Morgan fingerprint density at radius 2 is 2.12 bits per heavy atom. The highest BCUT2D eigenvalue weighted by Crippen LogP contribution is 2.47. The van der Waals surface area contributed by atoms with E-state index in [9.17, 15) is 24.8 Å². The fourth-order valence-electron chi connectivity index (χ4n) is 4.60. The number of H-pyrrole nitrogens is 1. The van der Waals surface area contributed by atoms with E-state index in [-0.39, 0.29) is 41.1 Å². The number of hydrogen-bond acceptors (Lipinski definition) is 7. The molecule has 2 aromatic carbocycles. The Hall–Kier alpha value is -4.05. The number of nitrogens with one attached hydrogen (secondary N) is 1. The number of esters is 1. The molecule has 1 atom stereocenters. The Labute approximate surface area is 196 Å². The van der Waals surface area contributed by atoms with Gasteiger partial charge in [0.15, 0.2) is 5.76 Å². The standard InChI is InChI=1S/C23H18ClN3O7/c1-10-18(23(30)33-2)20-19-12(8-24)9-26(14(19)7-15(28)21(20)25-10)22(29)17-6-11-5-13(27(31)32)3-4-16(11)34-17/h3-7,12,25,28H,8-9H2,1-2H3/t12-/m1/s1. The zero-order valence-corrected chi connectivity index (χ0v) is 18.8. The van der Waals surface area contributed by atoms with Crippen molar-refractivity contribution >= 4 is 56.7 Å². The molecule has 3 heterocycles. The van der Waals surface area contributed by atoms with Crippen molar-refractivity contribution in [2.75, 3.05) is 24.4 Å². The zero-order chi connectivity index (χ0) is 24.3. The number of amides is 1. The average molecular weight is 484 g/mol. The van der Waals surface area contributed by atoms with Crippen LogP contribution in [-0.2, 0) is 4.74 Å². The van der Waals surface area contributed by atoms with Gasteiger partial charge in [-0.3, -0.25) is 14.9 Å². The summed E-state index contributed by atoms with van der Waals surface area (Å²) in [5, 5.41) is 22.7. The highest BCUT2D eigenvalue weighted by atomic mass is 35.5. The smallest absolute Gasteiger partial charge is 0.340 e. The summed E-state index contributed by atoms with van der Waals surface area (Å²) in [7, 11) is 1.27. The molecule has 0 saturated carbocycles. The number of methoxy groups -OCH3 is 1. The number of anilines is 1. The second kappa shape index (κ2) is 7.77. The first-order valence-electron chi connectivity index (χ1n) is 10.3. The molecule has 0 spiro atoms. The van der Waals surface area contributed by atoms with Crippen LogP contribution < -0.4 is 4.90 Å². The van der Waals surface area contributed by atoms with Gasteiger partial charge in [-0.15, -0.1) is 11.6 Å². The number of aryl methyl sites for hydroxylation is 1. The topological polar surface area (TPSA) is 139 Å². The Morgan fingerprint density at radius 3 is 2.79 bits per heavy atom. The third-order valence-corrected chi connectivity index (χ3v) is 6.48. The van der Waals surface area contributed by atoms with E-state index >= 15 is 0 Å². The first-order chi connectivity index (χ1) is 16.2. The molecule has 2 N–H and O–H groups in total. The lowest BCUT2D eigenvalue weighted by molar-refractivity contribution is -0.384. The Kier molecular flexibility index (Phi) is 4.98. The number of furan rings is 1. The molecule has 0 unspecified atom stereocenters. The van der Waals surface area contributed by atoms with Crippen molar-refractivity contribution < 1.29 is 28.8 Å². The largest absolute Gasteiger partial charge is 0.506 e. The SMILES string of the molecule is COC(=O)c1c(C)[nH]c2c(O)cc3c(c12)[C@H](CCl)CN3C(=O)c1cc2cc([N+](=O)[O-])ccc2o1. The summed E-state index contributed by atoms with van der Waals surface area (Å²) < 4.78 is 10.6. The van der Waals surface area contributed by atoms with E-state index in [1.165, 1.54) is 42.3 Å². The van der Waals surface area contributed by atoms with Crippen LogP contribution in [0.2, 0.25) is 0 Å². The number of fused-ring (bicyclic) bond motifs is 4. The van der Waals surface area contributed by atoms with Crippen LogP contribution in [0.25, 0.3) is 21.9 Å². The van der Waals surface area contributed by atoms with Crippen LogP contribution in [-0.4, -0.2) is 46.4 Å². The second-order valence-corrected chi connectivity index (χ2v) is 8.36. The summed E-state index contributed by atoms with van der Waals surface area (Å²) in [6.07, 6.45) is 0. The quantitative estimate of drug-likeness (QED) is 0.187. The van der Waals surface area contributed by atoms with Crippen LogP contribution >= 0.6 is 11.6 Å². The minimum Gasteiger partial charge on any atom is -0.506 e. The number of alkyl halides is 1. The van der Waals surface area contributed by atoms with Crippen molar-refractivity contribution in [2.45, 2.75) is 12.8 Å². The predicted octanol–water partition coefficient (Wildman–Crippen LogP) is 4.61. The number of ether oxygens (including phenoxy) is 1. The van der Waals surface area contributed by atoms with Gasteiger partial charge in [-0.25, -0.2) is 4.79 Å². The highest BCUT2D eigenvalue weighted by molar-refractivity contribution is 6.20. The molecule has 5 rings (SSSR count). The Morgan fingerprint density at radius 1 is 1.35 bits per heavy atom. The van der Waals surface area contributed by atoms with E-state index in [0.29, 0.717) is 38.8 Å². The monoisotopic (exact) mass is 483 g/mol. The van der Waals surface area contributed by atoms with Crippen LogP contribution in [0.4, 0.5) is 11.4 Å². The molecule has 1 aliphatic heterocycles. The number of hydrogen-bond donors (Lipinski definition) is 2. The van der Waals surface area contributed by atoms with Gasteiger partial charge in [0.25, 0.3) is 11.6 Å². The summed E-state index contributed by atoms with van der Waals surface area (Å²) in [4.78, 5) is 41.0. The van der Waals surface area contributed by atoms with Crippen LogP contribution in [0.3, 0.4) is 0 Å². The summed E-state index contributed by atoms with van der Waals surface area (Å²) in [6.45, 7) is 1.89. The second-order valence-electron chi connectivity index (χ2n) is 8.05. The van der Waals surface area contributed by atoms with Crippen molar-refractivity contribution in [1.29, 1.82) is 0 Å². The number of aromatic nitrogens is 1. The Balaban J connectivity index is 1.66. The molecular formula is C23H18ClN3O7. The number of halogens is 1. The highest BCUT2D eigenvalue weighted by Gasteiger charge is 2.38. The summed E-state index contributed by atoms with van der Waals surface area (Å²) in [5.41, 5.74) is 2.40. The maximum Gasteiger partial charge on any atom is 0.340 e. The molecule has 34 heavy (non-hydrogen) atoms. The summed E-state index contributed by atoms with van der Waals surface area (Å²) in [5.74, 6) is -1.40. The van der Waals surface area contributed by atoms with E-state index in [0.717, 1.165) is 0 Å². The van der Waals surface area contributed by atoms with Gasteiger partial charge in [0, 0.05) is 53.0 Å². The van der Waals surface area contributed by atoms with Gasteiger partial charge < -0.3 is 24.1 Å². The van der Waals surface area contributed by atoms with Crippen LogP contribution in [0.1, 0.15) is 38.1 Å². The van der Waals surface area contributed by atoms with Crippen molar-refractivity contribution in [3.05, 3.63) is 63.0 Å². The fourth-order valence-corrected chi connectivity index (χ4v) is 4.85. The average Bonchev–Trinajstić information content (AvgIpc) is 3.50. The molecule has 11 heteroatoms. The number of carbonyl (C=O) groups is 2. The maximum absolute atomic E-state index is 13.5. The lowest BCUT2D eigenvalue weighted by Gasteiger charge is -2.16. The lowest BCUT2D eigenvalue weighted by atomic mass is 9.95. The number of phenols is 1. The van der Waals surface area contributed by atoms with Crippen LogP contribution in [0.5, 0.6) is 5.75 Å². The molecule has 10 nitrogen and oxygen atoms in total. The van der Waals surface area contributed by atoms with Crippen LogP contribution in [0, 0.1) is 17.0 Å². The van der Waals surface area contributed by atoms with Gasteiger partial charge in [0.1, 0.15) is 11.3 Å². The summed E-state index contributed by atoms with van der Waals surface area (Å²) >= 11 is 6.26. The van der Waals surface area contributed by atoms with E-state index in [1.54, 1.807) is 6.92 Å². The van der Waals surface area contributed by atoms with E-state index in [4.69, 9.17) is 20.8 Å². The first-order valence-corrected chi connectivity index (χ1v) is 10.8. The molecule has 0 bridgehead atoms. The number of benzene rings is 2. The van der Waals surface area contributed by atoms with E-state index in [1.807, 2.05) is 0 Å². The summed E-state index contributed by atoms with van der Waals surface area (Å²) in [6, 6.07) is 6.95. The normalized spacial score (nSPS) is 15.1. The number of nitro groups is 1. The number of aromatic amines is 1. The molecule has 4 aromatic rings. The fraction of sp³-hybridized carbons (Fsp3) is 0.217. The zero-order valence-electron chi connectivity index (χ0n) is 18.0. The third kappa shape index (κ3) is 3.10. The van der Waals surface area contributed by atoms with Crippen molar-refractivity contribution in [2.24, 2.45) is 0 Å². The predicted molar refractivity (Wildman–Crippen MR) is 124 cm³/mol. The van der Waals surface area contributed by atoms with E-state index < -0.39 is 16.8 Å². The maximum atomic E-state index is 13.5. The van der Waals surface area contributed by atoms with Gasteiger partial charge >= 0.3 is 5.97 Å². The van der Waals surface area contributed by atoms with E-state index in [2.05, 4.69) is 4.98 Å². The number of rotatable bonds is 4. The van der Waals surface area contributed by atoms with Gasteiger partial charge in [0.2, 0.25) is 0 Å². The molecule has 2 aromatic heterocycles. The van der Waals surface area contributed by atoms with Gasteiger partial charge in [-0.2, -0.15) is 0 Å². The molecule has 174 valence electrons. The number of aromatic hydroxyl groups is 1. The number of non-ortho nitro benzene ring substituents is 1. The Bertz CT molecular complexity index is 1520. The minimum atomic E-state index is -0.575. The number of phenolic OH excluding ortho intramolecular Hbond substituents is 1. The molecule has 0 saturated heterocycles. The number of nitro benzene ring substituents is 1. The molecule has 0 fully saturated rings. The third-order valence-electron chi connectivity index (χ3n) is 6.11. The number of nitrogens with zero attached hydrogens (tertiary/aromatic N) is 2. The number of carbonyl (C=O) groups excluding carboxylic acids is 2. The minimum absolute atomic E-state index is 0.0188. The molecule has 1 amide bonds. The van der Waals surface area contributed by atoms with Gasteiger partial charge in [-0.05, 0) is 24.6 Å². The van der Waals surface area contributed by atoms with Crippen LogP contribution in [0.15, 0.2) is 34.7 Å².